The third-order valence-corrected chi connectivity index (χ3v) is 3.44. The summed E-state index contributed by atoms with van der Waals surface area (Å²) in [4.78, 5) is 0. The van der Waals surface area contributed by atoms with Gasteiger partial charge in [-0.2, -0.15) is 0 Å². The first-order valence-corrected chi connectivity index (χ1v) is 6.46. The molecule has 100 valence electrons. The predicted molar refractivity (Wildman–Crippen MR) is 74.2 cm³/mol. The second-order valence-electron chi connectivity index (χ2n) is 4.20. The van der Waals surface area contributed by atoms with Crippen molar-refractivity contribution in [2.24, 2.45) is 0 Å². The molecule has 0 bridgehead atoms. The van der Waals surface area contributed by atoms with Gasteiger partial charge in [0.15, 0.2) is 0 Å². The number of phenolic OH excluding ortho intramolecular Hbond substituents is 1. The third kappa shape index (κ3) is 3.23. The molecule has 2 aromatic rings. The molecule has 2 aromatic carbocycles. The highest BCUT2D eigenvalue weighted by atomic mass is 79.9. The number of rotatable bonds is 3. The Hall–Kier alpha value is -1.62. The van der Waals surface area contributed by atoms with Gasteiger partial charge in [0.25, 0.3) is 0 Å². The minimum Gasteiger partial charge on any atom is -0.508 e. The van der Waals surface area contributed by atoms with Gasteiger partial charge < -0.3 is 10.4 Å². The molecule has 2 nitrogen and oxygen atoms in total. The van der Waals surface area contributed by atoms with Crippen LogP contribution < -0.4 is 5.32 Å². The maximum absolute atomic E-state index is 13.7. The predicted octanol–water partition coefficient (Wildman–Crippen LogP) is 4.61. The molecule has 0 heterocycles. The van der Waals surface area contributed by atoms with Crippen LogP contribution in [-0.2, 0) is 0 Å². The average molecular weight is 328 g/mol. The van der Waals surface area contributed by atoms with E-state index in [1.807, 2.05) is 0 Å². The lowest BCUT2D eigenvalue weighted by Crippen LogP contribution is -2.09. The van der Waals surface area contributed by atoms with Crippen LogP contribution in [0, 0.1) is 11.6 Å². The van der Waals surface area contributed by atoms with Gasteiger partial charge in [-0.3, -0.25) is 0 Å². The maximum atomic E-state index is 13.7. The van der Waals surface area contributed by atoms with Gasteiger partial charge in [0.2, 0.25) is 0 Å². The van der Waals surface area contributed by atoms with Crippen molar-refractivity contribution in [1.82, 2.24) is 0 Å². The molecule has 1 atom stereocenters. The molecule has 0 aromatic heterocycles. The molecule has 0 fully saturated rings. The van der Waals surface area contributed by atoms with Crippen molar-refractivity contribution in [1.29, 1.82) is 0 Å². The Labute approximate surface area is 118 Å². The van der Waals surface area contributed by atoms with Crippen molar-refractivity contribution in [3.8, 4) is 5.75 Å². The van der Waals surface area contributed by atoms with Crippen molar-refractivity contribution in [2.45, 2.75) is 13.0 Å². The summed E-state index contributed by atoms with van der Waals surface area (Å²) in [5.41, 5.74) is 0.939. The van der Waals surface area contributed by atoms with Crippen LogP contribution >= 0.6 is 15.9 Å². The van der Waals surface area contributed by atoms with Crippen LogP contribution in [0.3, 0.4) is 0 Å². The molecule has 0 saturated carbocycles. The van der Waals surface area contributed by atoms with E-state index in [1.54, 1.807) is 13.0 Å². The molecule has 0 saturated heterocycles. The summed E-state index contributed by atoms with van der Waals surface area (Å²) in [5, 5.41) is 12.2. The second kappa shape index (κ2) is 5.57. The number of hydrogen-bond donors (Lipinski definition) is 2. The van der Waals surface area contributed by atoms with E-state index in [1.165, 1.54) is 24.3 Å². The number of hydrogen-bond acceptors (Lipinski definition) is 2. The second-order valence-corrected chi connectivity index (χ2v) is 5.05. The summed E-state index contributed by atoms with van der Waals surface area (Å²) in [6.45, 7) is 1.76. The SMILES string of the molecule is CC(Nc1cc(F)ccc1Br)c1ccc(O)cc1F. The molecular weight excluding hydrogens is 316 g/mol. The van der Waals surface area contributed by atoms with E-state index >= 15 is 0 Å². The van der Waals surface area contributed by atoms with Gasteiger partial charge in [-0.25, -0.2) is 8.78 Å². The molecule has 1 unspecified atom stereocenters. The average Bonchev–Trinajstić information content (AvgIpc) is 2.33. The summed E-state index contributed by atoms with van der Waals surface area (Å²) in [6, 6.07) is 7.84. The summed E-state index contributed by atoms with van der Waals surface area (Å²) in [5.74, 6) is -1.00. The van der Waals surface area contributed by atoms with Gasteiger partial charge in [-0.05, 0) is 47.1 Å². The summed E-state index contributed by atoms with van der Waals surface area (Å²) >= 11 is 3.30. The molecule has 0 spiro atoms. The van der Waals surface area contributed by atoms with E-state index in [0.717, 1.165) is 6.07 Å². The third-order valence-electron chi connectivity index (χ3n) is 2.75. The monoisotopic (exact) mass is 327 g/mol. The van der Waals surface area contributed by atoms with Crippen molar-refractivity contribution in [3.63, 3.8) is 0 Å². The lowest BCUT2D eigenvalue weighted by atomic mass is 10.1. The largest absolute Gasteiger partial charge is 0.508 e. The van der Waals surface area contributed by atoms with Crippen LogP contribution in [0.25, 0.3) is 0 Å². The van der Waals surface area contributed by atoms with Crippen LogP contribution in [0.2, 0.25) is 0 Å². The lowest BCUT2D eigenvalue weighted by molar-refractivity contribution is 0.467. The van der Waals surface area contributed by atoms with Crippen LogP contribution in [0.15, 0.2) is 40.9 Å². The Balaban J connectivity index is 2.25. The number of aromatic hydroxyl groups is 1. The van der Waals surface area contributed by atoms with Crippen molar-refractivity contribution in [3.05, 3.63) is 58.1 Å². The molecule has 0 radical (unpaired) electrons. The van der Waals surface area contributed by atoms with E-state index in [0.29, 0.717) is 15.7 Å². The van der Waals surface area contributed by atoms with Gasteiger partial charge in [0.1, 0.15) is 17.4 Å². The van der Waals surface area contributed by atoms with Crippen molar-refractivity contribution >= 4 is 21.6 Å². The van der Waals surface area contributed by atoms with Gasteiger partial charge in [-0.15, -0.1) is 0 Å². The molecule has 5 heteroatoms. The Bertz CT molecular complexity index is 604. The van der Waals surface area contributed by atoms with Crippen LogP contribution in [0.4, 0.5) is 14.5 Å². The quantitative estimate of drug-likeness (QED) is 0.863. The smallest absolute Gasteiger partial charge is 0.132 e. The zero-order valence-electron chi connectivity index (χ0n) is 10.1. The minimum absolute atomic E-state index is 0.125. The van der Waals surface area contributed by atoms with Crippen LogP contribution in [-0.4, -0.2) is 5.11 Å². The molecule has 19 heavy (non-hydrogen) atoms. The number of halogens is 3. The highest BCUT2D eigenvalue weighted by molar-refractivity contribution is 9.10. The Morgan fingerprint density at radius 1 is 1.16 bits per heavy atom. The van der Waals surface area contributed by atoms with E-state index in [9.17, 15) is 13.9 Å². The number of anilines is 1. The fourth-order valence-corrected chi connectivity index (χ4v) is 2.15. The number of benzene rings is 2. The fourth-order valence-electron chi connectivity index (χ4n) is 1.79. The summed E-state index contributed by atoms with van der Waals surface area (Å²) in [7, 11) is 0. The maximum Gasteiger partial charge on any atom is 0.132 e. The highest BCUT2D eigenvalue weighted by Gasteiger charge is 2.13. The normalized spacial score (nSPS) is 12.2. The Morgan fingerprint density at radius 3 is 2.58 bits per heavy atom. The summed E-state index contributed by atoms with van der Waals surface area (Å²) in [6.07, 6.45) is 0. The van der Waals surface area contributed by atoms with Gasteiger partial charge in [0, 0.05) is 16.1 Å². The Kier molecular flexibility index (Phi) is 4.04. The molecule has 2 N–H and O–H groups in total. The van der Waals surface area contributed by atoms with Crippen molar-refractivity contribution in [2.75, 3.05) is 5.32 Å². The minimum atomic E-state index is -0.507. The molecule has 0 aliphatic heterocycles. The van der Waals surface area contributed by atoms with Crippen LogP contribution in [0.5, 0.6) is 5.75 Å². The molecule has 0 aliphatic carbocycles. The molecule has 0 amide bonds. The topological polar surface area (TPSA) is 32.3 Å². The number of nitrogens with one attached hydrogen (secondary N) is 1. The van der Waals surface area contributed by atoms with Crippen molar-refractivity contribution < 1.29 is 13.9 Å². The zero-order valence-corrected chi connectivity index (χ0v) is 11.7. The molecule has 2 rings (SSSR count). The van der Waals surface area contributed by atoms with Gasteiger partial charge >= 0.3 is 0 Å². The lowest BCUT2D eigenvalue weighted by Gasteiger charge is -2.17. The van der Waals surface area contributed by atoms with E-state index in [2.05, 4.69) is 21.2 Å². The fraction of sp³-hybridized carbons (Fsp3) is 0.143. The first-order chi connectivity index (χ1) is 8.97. The Morgan fingerprint density at radius 2 is 1.89 bits per heavy atom. The first kappa shape index (κ1) is 13.8. The van der Waals surface area contributed by atoms with E-state index in [4.69, 9.17) is 0 Å². The van der Waals surface area contributed by atoms with E-state index in [-0.39, 0.29) is 17.6 Å². The number of phenols is 1. The van der Waals surface area contributed by atoms with Crippen LogP contribution in [0.1, 0.15) is 18.5 Å². The molecule has 0 aliphatic rings. The van der Waals surface area contributed by atoms with E-state index < -0.39 is 5.82 Å². The summed E-state index contributed by atoms with van der Waals surface area (Å²) < 4.78 is 27.6. The first-order valence-electron chi connectivity index (χ1n) is 5.67. The zero-order chi connectivity index (χ0) is 14.0. The van der Waals surface area contributed by atoms with Gasteiger partial charge in [0.05, 0.1) is 11.7 Å². The van der Waals surface area contributed by atoms with Gasteiger partial charge in [-0.1, -0.05) is 6.07 Å². The highest BCUT2D eigenvalue weighted by Crippen LogP contribution is 2.29. The molecular formula is C14H12BrF2NO. The standard InChI is InChI=1S/C14H12BrF2NO/c1-8(11-4-3-10(19)7-13(11)17)18-14-6-9(16)2-5-12(14)15/h2-8,18-19H,1H3.